The van der Waals surface area contributed by atoms with Crippen LogP contribution in [0.1, 0.15) is 23.2 Å². The lowest BCUT2D eigenvalue weighted by Gasteiger charge is -2.06. The van der Waals surface area contributed by atoms with Crippen LogP contribution in [-0.2, 0) is 0 Å². The second-order valence-corrected chi connectivity index (χ2v) is 4.98. The largest absolute Gasteiger partial charge is 0.504 e. The number of hydrogen-bond acceptors (Lipinski definition) is 5. The highest BCUT2D eigenvalue weighted by molar-refractivity contribution is 7.11. The number of phenols is 1. The number of nitriles is 1. The summed E-state index contributed by atoms with van der Waals surface area (Å²) >= 11 is 1.44. The number of hydrogen-bond donors (Lipinski definition) is 1. The first-order valence-electron chi connectivity index (χ1n) is 6.14. The number of nitrogens with zero attached hydrogens (tertiary/aromatic N) is 2. The zero-order chi connectivity index (χ0) is 14.5. The molecular weight excluding hydrogens is 272 g/mol. The lowest BCUT2D eigenvalue weighted by molar-refractivity contribution is 0.318. The first-order valence-corrected chi connectivity index (χ1v) is 7.02. The van der Waals surface area contributed by atoms with Crippen LogP contribution in [-0.4, -0.2) is 16.7 Å². The summed E-state index contributed by atoms with van der Waals surface area (Å²) in [6.45, 7) is 4.21. The maximum absolute atomic E-state index is 9.66. The molecule has 0 aliphatic rings. The zero-order valence-electron chi connectivity index (χ0n) is 11.3. The Morgan fingerprint density at radius 2 is 2.35 bits per heavy atom. The molecule has 0 spiro atoms. The SMILES string of the molecule is CCOc1cc(/C=C(\C#N)c2nc(C)cs2)ccc1O. The summed E-state index contributed by atoms with van der Waals surface area (Å²) in [5.74, 6) is 0.501. The minimum atomic E-state index is 0.0904. The van der Waals surface area contributed by atoms with Crippen LogP contribution in [0.3, 0.4) is 0 Å². The van der Waals surface area contributed by atoms with E-state index in [0.717, 1.165) is 11.3 Å². The topological polar surface area (TPSA) is 66.1 Å². The number of aromatic hydroxyl groups is 1. The van der Waals surface area contributed by atoms with Gasteiger partial charge in [0.25, 0.3) is 0 Å². The Labute approximate surface area is 121 Å². The van der Waals surface area contributed by atoms with Gasteiger partial charge in [0.2, 0.25) is 0 Å². The quantitative estimate of drug-likeness (QED) is 0.872. The molecule has 0 fully saturated rings. The molecule has 0 saturated carbocycles. The first kappa shape index (κ1) is 14.1. The van der Waals surface area contributed by atoms with Crippen LogP contribution in [0.15, 0.2) is 23.6 Å². The molecular formula is C15H14N2O2S. The van der Waals surface area contributed by atoms with Crippen LogP contribution in [0, 0.1) is 18.3 Å². The van der Waals surface area contributed by atoms with Crippen molar-refractivity contribution in [1.82, 2.24) is 4.98 Å². The Balaban J connectivity index is 2.38. The molecule has 0 saturated heterocycles. The van der Waals surface area contributed by atoms with Crippen molar-refractivity contribution in [3.8, 4) is 17.6 Å². The van der Waals surface area contributed by atoms with Gasteiger partial charge in [0.05, 0.1) is 12.2 Å². The molecule has 5 heteroatoms. The molecule has 2 aromatic rings. The highest BCUT2D eigenvalue weighted by Crippen LogP contribution is 2.29. The van der Waals surface area contributed by atoms with E-state index in [1.165, 1.54) is 11.3 Å². The maximum atomic E-state index is 9.66. The van der Waals surface area contributed by atoms with E-state index in [0.29, 0.717) is 22.9 Å². The van der Waals surface area contributed by atoms with Crippen LogP contribution >= 0.6 is 11.3 Å². The van der Waals surface area contributed by atoms with Gasteiger partial charge in [-0.15, -0.1) is 11.3 Å². The van der Waals surface area contributed by atoms with E-state index in [4.69, 9.17) is 4.74 Å². The molecule has 1 aromatic carbocycles. The summed E-state index contributed by atoms with van der Waals surface area (Å²) in [6, 6.07) is 7.14. The summed E-state index contributed by atoms with van der Waals surface area (Å²) in [6.07, 6.45) is 1.74. The summed E-state index contributed by atoms with van der Waals surface area (Å²) in [7, 11) is 0. The summed E-state index contributed by atoms with van der Waals surface area (Å²) in [4.78, 5) is 4.30. The van der Waals surface area contributed by atoms with Gasteiger partial charge in [-0.05, 0) is 37.6 Å². The molecule has 0 unspecified atom stereocenters. The van der Waals surface area contributed by atoms with E-state index in [1.807, 2.05) is 19.2 Å². The van der Waals surface area contributed by atoms with E-state index in [9.17, 15) is 10.4 Å². The van der Waals surface area contributed by atoms with Gasteiger partial charge in [-0.25, -0.2) is 4.98 Å². The van der Waals surface area contributed by atoms with Crippen LogP contribution in [0.5, 0.6) is 11.5 Å². The van der Waals surface area contributed by atoms with Crippen LogP contribution < -0.4 is 4.74 Å². The number of aromatic nitrogens is 1. The standard InChI is InChI=1S/C15H14N2O2S/c1-3-19-14-7-11(4-5-13(14)18)6-12(8-16)15-17-10(2)9-20-15/h4-7,9,18H,3H2,1-2H3/b12-6+. The smallest absolute Gasteiger partial charge is 0.161 e. The number of phenolic OH excluding ortho intramolecular Hbond substituents is 1. The van der Waals surface area contributed by atoms with Crippen molar-refractivity contribution in [2.75, 3.05) is 6.61 Å². The number of allylic oxidation sites excluding steroid dienone is 1. The van der Waals surface area contributed by atoms with E-state index in [-0.39, 0.29) is 5.75 Å². The number of benzene rings is 1. The predicted octanol–water partition coefficient (Wildman–Crippen LogP) is 3.62. The van der Waals surface area contributed by atoms with E-state index in [1.54, 1.807) is 24.3 Å². The Kier molecular flexibility index (Phi) is 4.38. The monoisotopic (exact) mass is 286 g/mol. The number of aryl methyl sites for hydroxylation is 1. The second-order valence-electron chi connectivity index (χ2n) is 4.12. The van der Waals surface area contributed by atoms with Crippen molar-refractivity contribution in [3.05, 3.63) is 39.8 Å². The van der Waals surface area contributed by atoms with Crippen LogP contribution in [0.4, 0.5) is 0 Å². The van der Waals surface area contributed by atoms with Gasteiger partial charge in [-0.3, -0.25) is 0 Å². The number of rotatable bonds is 4. The van der Waals surface area contributed by atoms with Gasteiger partial charge in [0.15, 0.2) is 11.5 Å². The maximum Gasteiger partial charge on any atom is 0.161 e. The average Bonchev–Trinajstić information content (AvgIpc) is 2.86. The molecule has 0 radical (unpaired) electrons. The molecule has 1 aromatic heterocycles. The van der Waals surface area contributed by atoms with Gasteiger partial charge < -0.3 is 9.84 Å². The first-order chi connectivity index (χ1) is 9.63. The molecule has 0 amide bonds. The van der Waals surface area contributed by atoms with Gasteiger partial charge in [-0.1, -0.05) is 6.07 Å². The third kappa shape index (κ3) is 3.16. The van der Waals surface area contributed by atoms with Gasteiger partial charge in [0.1, 0.15) is 11.1 Å². The molecule has 102 valence electrons. The van der Waals surface area contributed by atoms with E-state index >= 15 is 0 Å². The van der Waals surface area contributed by atoms with Gasteiger partial charge in [-0.2, -0.15) is 5.26 Å². The second kappa shape index (κ2) is 6.22. The fourth-order valence-corrected chi connectivity index (χ4v) is 2.44. The Morgan fingerprint density at radius 3 is 2.95 bits per heavy atom. The Hall–Kier alpha value is -2.32. The van der Waals surface area contributed by atoms with E-state index in [2.05, 4.69) is 11.1 Å². The number of thiazole rings is 1. The molecule has 0 bridgehead atoms. The lowest BCUT2D eigenvalue weighted by Crippen LogP contribution is -1.92. The van der Waals surface area contributed by atoms with Crippen molar-refractivity contribution < 1.29 is 9.84 Å². The summed E-state index contributed by atoms with van der Waals surface area (Å²) in [5.41, 5.74) is 2.18. The molecule has 0 atom stereocenters. The summed E-state index contributed by atoms with van der Waals surface area (Å²) < 4.78 is 5.33. The molecule has 1 N–H and O–H groups in total. The molecule has 0 aliphatic heterocycles. The lowest BCUT2D eigenvalue weighted by atomic mass is 10.1. The number of ether oxygens (including phenoxy) is 1. The fourth-order valence-electron chi connectivity index (χ4n) is 1.68. The highest BCUT2D eigenvalue weighted by atomic mass is 32.1. The molecule has 0 aliphatic carbocycles. The van der Waals surface area contributed by atoms with Crippen LogP contribution in [0.25, 0.3) is 11.6 Å². The molecule has 2 rings (SSSR count). The van der Waals surface area contributed by atoms with Crippen LogP contribution in [0.2, 0.25) is 0 Å². The molecule has 4 nitrogen and oxygen atoms in total. The molecule has 1 heterocycles. The minimum Gasteiger partial charge on any atom is -0.504 e. The minimum absolute atomic E-state index is 0.0904. The predicted molar refractivity (Wildman–Crippen MR) is 79.6 cm³/mol. The van der Waals surface area contributed by atoms with Gasteiger partial charge >= 0.3 is 0 Å². The normalized spacial score (nSPS) is 11.2. The molecule has 20 heavy (non-hydrogen) atoms. The third-order valence-corrected chi connectivity index (χ3v) is 3.56. The van der Waals surface area contributed by atoms with Crippen molar-refractivity contribution in [3.63, 3.8) is 0 Å². The van der Waals surface area contributed by atoms with Crippen molar-refractivity contribution in [1.29, 1.82) is 5.26 Å². The van der Waals surface area contributed by atoms with Gasteiger partial charge in [0, 0.05) is 11.1 Å². The van der Waals surface area contributed by atoms with E-state index < -0.39 is 0 Å². The zero-order valence-corrected chi connectivity index (χ0v) is 12.1. The average molecular weight is 286 g/mol. The third-order valence-electron chi connectivity index (χ3n) is 2.56. The Morgan fingerprint density at radius 1 is 1.55 bits per heavy atom. The van der Waals surface area contributed by atoms with Crippen molar-refractivity contribution in [2.24, 2.45) is 0 Å². The Bertz CT molecular complexity index is 683. The summed E-state index contributed by atoms with van der Waals surface area (Å²) in [5, 5.41) is 21.5. The fraction of sp³-hybridized carbons (Fsp3) is 0.200. The van der Waals surface area contributed by atoms with Crippen molar-refractivity contribution in [2.45, 2.75) is 13.8 Å². The van der Waals surface area contributed by atoms with Crippen molar-refractivity contribution >= 4 is 23.0 Å². The highest BCUT2D eigenvalue weighted by Gasteiger charge is 2.07.